The van der Waals surface area contributed by atoms with Crippen LogP contribution in [0.25, 0.3) is 0 Å². The number of benzene rings is 1. The van der Waals surface area contributed by atoms with Crippen molar-refractivity contribution >= 4 is 17.7 Å². The minimum atomic E-state index is -3.78. The lowest BCUT2D eigenvalue weighted by molar-refractivity contribution is -0.152. The van der Waals surface area contributed by atoms with Crippen LogP contribution in [-0.2, 0) is 4.79 Å². The van der Waals surface area contributed by atoms with Crippen molar-refractivity contribution in [3.05, 3.63) is 29.3 Å². The molecule has 0 atom stereocenters. The molecule has 1 aromatic rings. The Bertz CT molecular complexity index is 391. The number of thioether (sulfide) groups is 1. The molecule has 5 heteroatoms. The molecule has 1 aromatic carbocycles. The molecule has 1 N–H and O–H groups in total. The van der Waals surface area contributed by atoms with Gasteiger partial charge in [0.1, 0.15) is 0 Å². The van der Waals surface area contributed by atoms with Crippen molar-refractivity contribution in [2.24, 2.45) is 0 Å². The Morgan fingerprint density at radius 3 is 2.40 bits per heavy atom. The van der Waals surface area contributed by atoms with E-state index in [2.05, 4.69) is 0 Å². The number of hydrogen-bond donors (Lipinski definition) is 1. The van der Waals surface area contributed by atoms with E-state index in [1.54, 1.807) is 19.1 Å². The van der Waals surface area contributed by atoms with Gasteiger partial charge in [0, 0.05) is 4.90 Å². The Morgan fingerprint density at radius 1 is 1.33 bits per heavy atom. The molecule has 1 rings (SSSR count). The van der Waals surface area contributed by atoms with Crippen LogP contribution in [0.2, 0.25) is 0 Å². The maximum absolute atomic E-state index is 12.8. The zero-order chi connectivity index (χ0) is 11.6. The largest absolute Gasteiger partial charge is 0.476 e. The summed E-state index contributed by atoms with van der Waals surface area (Å²) in [5.41, 5.74) is 1.85. The molecule has 0 radical (unpaired) electrons. The van der Waals surface area contributed by atoms with Crippen molar-refractivity contribution in [3.8, 4) is 0 Å². The van der Waals surface area contributed by atoms with Crippen molar-refractivity contribution in [1.29, 1.82) is 0 Å². The number of carboxylic acids is 1. The molecule has 0 aliphatic carbocycles. The van der Waals surface area contributed by atoms with Crippen molar-refractivity contribution in [2.75, 3.05) is 0 Å². The smallest absolute Gasteiger partial charge is 0.393 e. The van der Waals surface area contributed by atoms with E-state index in [0.29, 0.717) is 0 Å². The highest BCUT2D eigenvalue weighted by molar-refractivity contribution is 8.01. The van der Waals surface area contributed by atoms with Gasteiger partial charge in [-0.15, -0.1) is 0 Å². The Labute approximate surface area is 90.3 Å². The second-order valence-corrected chi connectivity index (χ2v) is 4.36. The summed E-state index contributed by atoms with van der Waals surface area (Å²) in [7, 11) is 0. The first-order valence-corrected chi connectivity index (χ1v) is 5.02. The average Bonchev–Trinajstić information content (AvgIpc) is 2.10. The van der Waals surface area contributed by atoms with Crippen LogP contribution in [0.5, 0.6) is 0 Å². The molecule has 2 nitrogen and oxygen atoms in total. The molecule has 15 heavy (non-hydrogen) atoms. The summed E-state index contributed by atoms with van der Waals surface area (Å²) >= 11 is 0.0440. The van der Waals surface area contributed by atoms with Gasteiger partial charge in [-0.25, -0.2) is 4.79 Å². The first-order chi connectivity index (χ1) is 6.83. The Hall–Kier alpha value is -1.10. The van der Waals surface area contributed by atoms with E-state index in [1.165, 1.54) is 6.07 Å². The third-order valence-corrected chi connectivity index (χ3v) is 2.89. The number of carbonyl (C=O) groups is 1. The number of halogens is 2. The normalized spacial score (nSPS) is 11.5. The Morgan fingerprint density at radius 2 is 1.93 bits per heavy atom. The minimum Gasteiger partial charge on any atom is -0.476 e. The summed E-state index contributed by atoms with van der Waals surface area (Å²) in [6.45, 7) is 3.65. The summed E-state index contributed by atoms with van der Waals surface area (Å²) in [6, 6.07) is 4.73. The summed E-state index contributed by atoms with van der Waals surface area (Å²) in [5.74, 6) is -2.12. The molecule has 0 aliphatic rings. The molecule has 0 aliphatic heterocycles. The fourth-order valence-corrected chi connectivity index (χ4v) is 1.72. The van der Waals surface area contributed by atoms with Gasteiger partial charge in [0.05, 0.1) is 0 Å². The lowest BCUT2D eigenvalue weighted by atomic mass is 10.1. The molecule has 0 saturated carbocycles. The van der Waals surface area contributed by atoms with Crippen molar-refractivity contribution in [1.82, 2.24) is 0 Å². The van der Waals surface area contributed by atoms with Crippen molar-refractivity contribution < 1.29 is 18.7 Å². The van der Waals surface area contributed by atoms with Crippen LogP contribution in [0.15, 0.2) is 23.1 Å². The second-order valence-electron chi connectivity index (χ2n) is 3.17. The van der Waals surface area contributed by atoms with E-state index in [1.807, 2.05) is 6.92 Å². The average molecular weight is 232 g/mol. The molecule has 0 spiro atoms. The van der Waals surface area contributed by atoms with Gasteiger partial charge in [0.25, 0.3) is 0 Å². The maximum Gasteiger partial charge on any atom is 0.393 e. The maximum atomic E-state index is 12.8. The lowest BCUT2D eigenvalue weighted by Crippen LogP contribution is -2.23. The van der Waals surface area contributed by atoms with Gasteiger partial charge in [-0.3, -0.25) is 0 Å². The molecule has 0 heterocycles. The van der Waals surface area contributed by atoms with E-state index in [9.17, 15) is 13.6 Å². The Balaban J connectivity index is 2.91. The zero-order valence-corrected chi connectivity index (χ0v) is 9.07. The van der Waals surface area contributed by atoms with Crippen molar-refractivity contribution in [3.63, 3.8) is 0 Å². The molecule has 82 valence electrons. The van der Waals surface area contributed by atoms with E-state index >= 15 is 0 Å². The molecule has 0 bridgehead atoms. The van der Waals surface area contributed by atoms with Gasteiger partial charge in [-0.2, -0.15) is 8.78 Å². The van der Waals surface area contributed by atoms with Crippen LogP contribution < -0.4 is 0 Å². The van der Waals surface area contributed by atoms with Crippen LogP contribution in [0.1, 0.15) is 11.1 Å². The van der Waals surface area contributed by atoms with Gasteiger partial charge in [-0.1, -0.05) is 6.07 Å². The number of aryl methyl sites for hydroxylation is 2. The number of alkyl halides is 2. The highest BCUT2D eigenvalue weighted by Gasteiger charge is 2.40. The molecule has 0 aromatic heterocycles. The number of rotatable bonds is 3. The molecule has 0 unspecified atom stereocenters. The summed E-state index contributed by atoms with van der Waals surface area (Å²) in [4.78, 5) is 10.5. The fraction of sp³-hybridized carbons (Fsp3) is 0.300. The molecular weight excluding hydrogens is 222 g/mol. The van der Waals surface area contributed by atoms with Gasteiger partial charge in [0.2, 0.25) is 0 Å². The van der Waals surface area contributed by atoms with Gasteiger partial charge < -0.3 is 5.11 Å². The summed E-state index contributed by atoms with van der Waals surface area (Å²) in [6.07, 6.45) is 0. The SMILES string of the molecule is Cc1ccc(SC(F)(F)C(=O)O)cc1C. The molecular formula is C10H10F2O2S. The third-order valence-electron chi connectivity index (χ3n) is 1.97. The second kappa shape index (κ2) is 4.18. The molecule has 0 saturated heterocycles. The highest BCUT2D eigenvalue weighted by Crippen LogP contribution is 2.36. The molecule has 0 amide bonds. The van der Waals surface area contributed by atoms with Crippen LogP contribution in [-0.4, -0.2) is 16.3 Å². The van der Waals surface area contributed by atoms with Gasteiger partial charge in [0.15, 0.2) is 0 Å². The van der Waals surface area contributed by atoms with E-state index in [4.69, 9.17) is 5.11 Å². The minimum absolute atomic E-state index is 0.0440. The number of carboxylic acid groups (broad SMARTS) is 1. The monoisotopic (exact) mass is 232 g/mol. The first-order valence-electron chi connectivity index (χ1n) is 4.20. The first kappa shape index (κ1) is 12.0. The van der Waals surface area contributed by atoms with Crippen LogP contribution in [0.3, 0.4) is 0 Å². The van der Waals surface area contributed by atoms with Crippen LogP contribution in [0, 0.1) is 13.8 Å². The zero-order valence-electron chi connectivity index (χ0n) is 8.25. The number of aliphatic carboxylic acids is 1. The topological polar surface area (TPSA) is 37.3 Å². The molecule has 0 fully saturated rings. The number of hydrogen-bond acceptors (Lipinski definition) is 2. The van der Waals surface area contributed by atoms with Gasteiger partial charge in [-0.05, 0) is 48.9 Å². The van der Waals surface area contributed by atoms with Crippen LogP contribution >= 0.6 is 11.8 Å². The predicted octanol–water partition coefficient (Wildman–Crippen LogP) is 3.07. The third kappa shape index (κ3) is 2.92. The highest BCUT2D eigenvalue weighted by atomic mass is 32.2. The van der Waals surface area contributed by atoms with Crippen LogP contribution in [0.4, 0.5) is 8.78 Å². The van der Waals surface area contributed by atoms with Crippen molar-refractivity contribution in [2.45, 2.75) is 24.0 Å². The quantitative estimate of drug-likeness (QED) is 0.814. The van der Waals surface area contributed by atoms with E-state index < -0.39 is 11.2 Å². The van der Waals surface area contributed by atoms with Gasteiger partial charge >= 0.3 is 11.2 Å². The fourth-order valence-electron chi connectivity index (χ4n) is 0.969. The summed E-state index contributed by atoms with van der Waals surface area (Å²) < 4.78 is 25.7. The van der Waals surface area contributed by atoms with E-state index in [-0.39, 0.29) is 16.7 Å². The van der Waals surface area contributed by atoms with E-state index in [0.717, 1.165) is 11.1 Å². The summed E-state index contributed by atoms with van der Waals surface area (Å²) in [5, 5.41) is 4.48. The lowest BCUT2D eigenvalue weighted by Gasteiger charge is -2.11. The standard InChI is InChI=1S/C10H10F2O2S/c1-6-3-4-8(5-7(6)2)15-10(11,12)9(13)14/h3-5H,1-2H3,(H,13,14). The predicted molar refractivity (Wildman–Crippen MR) is 54.4 cm³/mol. The Kier molecular flexibility index (Phi) is 3.34.